The molecule has 0 saturated carbocycles. The molecular formula is C11H12ClF3N2O. The first-order valence-corrected chi connectivity index (χ1v) is 5.46. The second-order valence-corrected chi connectivity index (χ2v) is 4.20. The Labute approximate surface area is 108 Å². The minimum Gasteiger partial charge on any atom is -0.329 e. The number of urea groups is 1. The monoisotopic (exact) mass is 280 g/mol. The third kappa shape index (κ3) is 5.27. The van der Waals surface area contributed by atoms with Crippen molar-refractivity contribution < 1.29 is 18.0 Å². The van der Waals surface area contributed by atoms with Crippen molar-refractivity contribution in [2.75, 3.05) is 13.6 Å². The fourth-order valence-electron chi connectivity index (χ4n) is 1.29. The molecule has 1 N–H and O–H groups in total. The van der Waals surface area contributed by atoms with Gasteiger partial charge in [-0.05, 0) is 17.7 Å². The highest BCUT2D eigenvalue weighted by molar-refractivity contribution is 6.30. The fraction of sp³-hybridized carbons (Fsp3) is 0.364. The summed E-state index contributed by atoms with van der Waals surface area (Å²) in [5.41, 5.74) is 0.743. The van der Waals surface area contributed by atoms with Gasteiger partial charge in [0.1, 0.15) is 6.54 Å². The van der Waals surface area contributed by atoms with Crippen LogP contribution in [0.1, 0.15) is 5.56 Å². The molecule has 2 amide bonds. The van der Waals surface area contributed by atoms with E-state index in [4.69, 9.17) is 11.6 Å². The molecule has 100 valence electrons. The van der Waals surface area contributed by atoms with Crippen LogP contribution in [0.3, 0.4) is 0 Å². The predicted molar refractivity (Wildman–Crippen MR) is 62.4 cm³/mol. The molecule has 1 rings (SSSR count). The molecule has 0 spiro atoms. The summed E-state index contributed by atoms with van der Waals surface area (Å²) < 4.78 is 35.7. The second-order valence-electron chi connectivity index (χ2n) is 3.76. The highest BCUT2D eigenvalue weighted by Crippen LogP contribution is 2.14. The van der Waals surface area contributed by atoms with Gasteiger partial charge in [-0.15, -0.1) is 0 Å². The molecule has 0 aliphatic rings. The number of carbonyl (C=O) groups is 1. The number of alkyl halides is 3. The standard InChI is InChI=1S/C11H12ClF3N2O/c1-17(10(18)16-7-11(13,14)15)6-8-3-2-4-9(12)5-8/h2-5H,6-7H2,1H3,(H,16,18). The van der Waals surface area contributed by atoms with E-state index in [0.29, 0.717) is 5.02 Å². The van der Waals surface area contributed by atoms with E-state index in [-0.39, 0.29) is 6.54 Å². The molecule has 18 heavy (non-hydrogen) atoms. The molecule has 1 aromatic carbocycles. The lowest BCUT2D eigenvalue weighted by atomic mass is 10.2. The predicted octanol–water partition coefficient (Wildman–Crippen LogP) is 3.04. The van der Waals surface area contributed by atoms with Gasteiger partial charge < -0.3 is 10.2 Å². The van der Waals surface area contributed by atoms with Gasteiger partial charge in [-0.1, -0.05) is 23.7 Å². The van der Waals surface area contributed by atoms with E-state index < -0.39 is 18.8 Å². The molecule has 0 radical (unpaired) electrons. The summed E-state index contributed by atoms with van der Waals surface area (Å²) in [6, 6.07) is 5.98. The molecule has 7 heteroatoms. The number of nitrogens with one attached hydrogen (secondary N) is 1. The Bertz CT molecular complexity index is 423. The Morgan fingerprint density at radius 2 is 2.11 bits per heavy atom. The number of nitrogens with zero attached hydrogens (tertiary/aromatic N) is 1. The van der Waals surface area contributed by atoms with Crippen molar-refractivity contribution in [3.8, 4) is 0 Å². The van der Waals surface area contributed by atoms with Gasteiger partial charge in [0, 0.05) is 18.6 Å². The van der Waals surface area contributed by atoms with Gasteiger partial charge in [-0.25, -0.2) is 4.79 Å². The van der Waals surface area contributed by atoms with E-state index in [9.17, 15) is 18.0 Å². The van der Waals surface area contributed by atoms with Gasteiger partial charge in [0.05, 0.1) is 0 Å². The van der Waals surface area contributed by atoms with Crippen molar-refractivity contribution in [1.29, 1.82) is 0 Å². The van der Waals surface area contributed by atoms with Crippen molar-refractivity contribution in [3.63, 3.8) is 0 Å². The van der Waals surface area contributed by atoms with Crippen LogP contribution in [0.5, 0.6) is 0 Å². The topological polar surface area (TPSA) is 32.3 Å². The molecule has 0 aliphatic carbocycles. The number of hydrogen-bond donors (Lipinski definition) is 1. The molecule has 0 saturated heterocycles. The van der Waals surface area contributed by atoms with Gasteiger partial charge in [0.25, 0.3) is 0 Å². The summed E-state index contributed by atoms with van der Waals surface area (Å²) in [7, 11) is 1.41. The van der Waals surface area contributed by atoms with Crippen LogP contribution >= 0.6 is 11.6 Å². The van der Waals surface area contributed by atoms with E-state index in [1.54, 1.807) is 29.6 Å². The Hall–Kier alpha value is -1.43. The summed E-state index contributed by atoms with van der Waals surface area (Å²) in [5.74, 6) is 0. The average Bonchev–Trinajstić information content (AvgIpc) is 2.24. The van der Waals surface area contributed by atoms with Crippen molar-refractivity contribution in [1.82, 2.24) is 10.2 Å². The molecule has 3 nitrogen and oxygen atoms in total. The SMILES string of the molecule is CN(Cc1cccc(Cl)c1)C(=O)NCC(F)(F)F. The first-order valence-electron chi connectivity index (χ1n) is 5.08. The Kier molecular flexibility index (Phi) is 4.84. The number of hydrogen-bond acceptors (Lipinski definition) is 1. The maximum absolute atomic E-state index is 11.9. The Morgan fingerprint density at radius 3 is 2.67 bits per heavy atom. The van der Waals surface area contributed by atoms with Crippen molar-refractivity contribution in [2.24, 2.45) is 0 Å². The normalized spacial score (nSPS) is 11.2. The lowest BCUT2D eigenvalue weighted by molar-refractivity contribution is -0.123. The Morgan fingerprint density at radius 1 is 1.44 bits per heavy atom. The largest absolute Gasteiger partial charge is 0.405 e. The molecule has 0 unspecified atom stereocenters. The van der Waals surface area contributed by atoms with Crippen LogP contribution in [-0.4, -0.2) is 30.7 Å². The molecule has 0 fully saturated rings. The molecule has 0 aliphatic heterocycles. The van der Waals surface area contributed by atoms with Crippen LogP contribution in [0, 0.1) is 0 Å². The van der Waals surface area contributed by atoms with Gasteiger partial charge in [0.2, 0.25) is 0 Å². The maximum Gasteiger partial charge on any atom is 0.405 e. The van der Waals surface area contributed by atoms with Crippen molar-refractivity contribution in [2.45, 2.75) is 12.7 Å². The smallest absolute Gasteiger partial charge is 0.329 e. The lowest BCUT2D eigenvalue weighted by Gasteiger charge is -2.18. The second kappa shape index (κ2) is 5.95. The zero-order valence-corrected chi connectivity index (χ0v) is 10.3. The van der Waals surface area contributed by atoms with Gasteiger partial charge >= 0.3 is 12.2 Å². The van der Waals surface area contributed by atoms with Gasteiger partial charge in [-0.3, -0.25) is 0 Å². The van der Waals surface area contributed by atoms with Crippen molar-refractivity contribution in [3.05, 3.63) is 34.9 Å². The van der Waals surface area contributed by atoms with Crippen molar-refractivity contribution >= 4 is 17.6 Å². The van der Waals surface area contributed by atoms with E-state index in [2.05, 4.69) is 0 Å². The molecule has 1 aromatic rings. The minimum atomic E-state index is -4.41. The average molecular weight is 281 g/mol. The van der Waals surface area contributed by atoms with E-state index in [1.165, 1.54) is 7.05 Å². The Balaban J connectivity index is 2.50. The number of rotatable bonds is 3. The number of halogens is 4. The van der Waals surface area contributed by atoms with Crippen LogP contribution in [0.15, 0.2) is 24.3 Å². The number of amides is 2. The van der Waals surface area contributed by atoms with Crippen LogP contribution in [0.4, 0.5) is 18.0 Å². The van der Waals surface area contributed by atoms with Gasteiger partial charge in [-0.2, -0.15) is 13.2 Å². The highest BCUT2D eigenvalue weighted by Gasteiger charge is 2.28. The molecule has 0 atom stereocenters. The summed E-state index contributed by atoms with van der Waals surface area (Å²) in [5, 5.41) is 2.30. The van der Waals surface area contributed by atoms with E-state index in [0.717, 1.165) is 10.5 Å². The fourth-order valence-corrected chi connectivity index (χ4v) is 1.50. The molecule has 0 aromatic heterocycles. The maximum atomic E-state index is 11.9. The van der Waals surface area contributed by atoms with Crippen LogP contribution in [0.25, 0.3) is 0 Å². The lowest BCUT2D eigenvalue weighted by Crippen LogP contribution is -2.41. The minimum absolute atomic E-state index is 0.185. The van der Waals surface area contributed by atoms with Crippen LogP contribution < -0.4 is 5.32 Å². The van der Waals surface area contributed by atoms with E-state index in [1.807, 2.05) is 0 Å². The van der Waals surface area contributed by atoms with E-state index >= 15 is 0 Å². The van der Waals surface area contributed by atoms with Crippen LogP contribution in [0.2, 0.25) is 5.02 Å². The number of benzene rings is 1. The quantitative estimate of drug-likeness (QED) is 0.907. The third-order valence-corrected chi connectivity index (χ3v) is 2.33. The summed E-state index contributed by atoms with van der Waals surface area (Å²) >= 11 is 5.76. The molecule has 0 bridgehead atoms. The zero-order valence-electron chi connectivity index (χ0n) is 9.59. The summed E-state index contributed by atoms with van der Waals surface area (Å²) in [6.45, 7) is -1.16. The van der Waals surface area contributed by atoms with Gasteiger partial charge in [0.15, 0.2) is 0 Å². The summed E-state index contributed by atoms with van der Waals surface area (Å²) in [4.78, 5) is 12.5. The zero-order chi connectivity index (χ0) is 13.8. The first kappa shape index (κ1) is 14.6. The molecular weight excluding hydrogens is 269 g/mol. The van der Waals surface area contributed by atoms with Crippen LogP contribution in [-0.2, 0) is 6.54 Å². The first-order chi connectivity index (χ1) is 8.28. The third-order valence-electron chi connectivity index (χ3n) is 2.10. The number of carbonyl (C=O) groups excluding carboxylic acids is 1. The molecule has 0 heterocycles. The summed E-state index contributed by atoms with van der Waals surface area (Å²) in [6.07, 6.45) is -4.41. The highest BCUT2D eigenvalue weighted by atomic mass is 35.5.